The van der Waals surface area contributed by atoms with E-state index in [1.807, 2.05) is 48.5 Å². The van der Waals surface area contributed by atoms with E-state index in [4.69, 9.17) is 14.2 Å². The zero-order valence-electron chi connectivity index (χ0n) is 19.2. The van der Waals surface area contributed by atoms with Crippen LogP contribution in [0.4, 0.5) is 4.39 Å². The summed E-state index contributed by atoms with van der Waals surface area (Å²) < 4.78 is 30.6. The number of hydrogen-bond donors (Lipinski definition) is 1. The maximum absolute atomic E-state index is 13.3. The SMILES string of the molecule is CCO[C@@H](Cc1ccc2c(c1)CC[C@H](Cc1ccc(OCc3cccc(F)c3)cc1)O2)C(=O)O. The van der Waals surface area contributed by atoms with E-state index in [0.717, 1.165) is 53.0 Å². The Hall–Kier alpha value is -3.38. The molecule has 5 nitrogen and oxygen atoms in total. The fraction of sp³-hybridized carbons (Fsp3) is 0.321. The van der Waals surface area contributed by atoms with Crippen molar-refractivity contribution in [1.29, 1.82) is 0 Å². The first-order valence-electron chi connectivity index (χ1n) is 11.6. The molecule has 0 bridgehead atoms. The van der Waals surface area contributed by atoms with Crippen LogP contribution in [0.15, 0.2) is 66.7 Å². The molecule has 0 saturated carbocycles. The van der Waals surface area contributed by atoms with E-state index in [-0.39, 0.29) is 11.9 Å². The van der Waals surface area contributed by atoms with E-state index in [0.29, 0.717) is 19.6 Å². The zero-order valence-corrected chi connectivity index (χ0v) is 19.2. The van der Waals surface area contributed by atoms with Gasteiger partial charge in [-0.2, -0.15) is 0 Å². The number of fused-ring (bicyclic) bond motifs is 1. The molecular weight excluding hydrogens is 435 g/mol. The van der Waals surface area contributed by atoms with Gasteiger partial charge in [0.25, 0.3) is 0 Å². The number of carbonyl (C=O) groups is 1. The summed E-state index contributed by atoms with van der Waals surface area (Å²) in [5.74, 6) is 0.387. The minimum atomic E-state index is -0.943. The molecule has 0 aromatic heterocycles. The highest BCUT2D eigenvalue weighted by Crippen LogP contribution is 2.30. The lowest BCUT2D eigenvalue weighted by molar-refractivity contribution is -0.149. The van der Waals surface area contributed by atoms with Gasteiger partial charge in [-0.25, -0.2) is 9.18 Å². The lowest BCUT2D eigenvalue weighted by atomic mass is 9.95. The molecule has 2 atom stereocenters. The van der Waals surface area contributed by atoms with E-state index in [1.54, 1.807) is 13.0 Å². The Bertz CT molecular complexity index is 1110. The summed E-state index contributed by atoms with van der Waals surface area (Å²) in [6, 6.07) is 20.2. The molecule has 0 unspecified atom stereocenters. The van der Waals surface area contributed by atoms with Crippen LogP contribution in [0.3, 0.4) is 0 Å². The van der Waals surface area contributed by atoms with Gasteiger partial charge in [0.15, 0.2) is 6.10 Å². The number of hydrogen-bond acceptors (Lipinski definition) is 4. The summed E-state index contributed by atoms with van der Waals surface area (Å²) in [5.41, 5.74) is 3.99. The summed E-state index contributed by atoms with van der Waals surface area (Å²) in [6.07, 6.45) is 2.15. The van der Waals surface area contributed by atoms with Crippen molar-refractivity contribution in [3.05, 3.63) is 94.8 Å². The number of rotatable bonds is 10. The lowest BCUT2D eigenvalue weighted by Crippen LogP contribution is -2.27. The Kier molecular flexibility index (Phi) is 7.80. The molecule has 6 heteroatoms. The summed E-state index contributed by atoms with van der Waals surface area (Å²) >= 11 is 0. The van der Waals surface area contributed by atoms with E-state index >= 15 is 0 Å². The summed E-state index contributed by atoms with van der Waals surface area (Å²) in [7, 11) is 0. The van der Waals surface area contributed by atoms with Crippen molar-refractivity contribution in [3.8, 4) is 11.5 Å². The molecule has 0 spiro atoms. The van der Waals surface area contributed by atoms with Crippen LogP contribution in [0.25, 0.3) is 0 Å². The standard InChI is InChI=1S/C28H29FO5/c1-2-32-27(28(30)31)17-20-8-13-26-22(14-20)9-12-25(34-26)16-19-6-10-24(11-7-19)33-18-21-4-3-5-23(29)15-21/h3-8,10-11,13-15,25,27H,2,9,12,16-18H2,1H3,(H,30,31)/t25-,27+/m1/s1. The van der Waals surface area contributed by atoms with Crippen LogP contribution in [0.5, 0.6) is 11.5 Å². The van der Waals surface area contributed by atoms with Crippen LogP contribution in [-0.4, -0.2) is 29.9 Å². The van der Waals surface area contributed by atoms with E-state index < -0.39 is 12.1 Å². The molecular formula is C28H29FO5. The van der Waals surface area contributed by atoms with E-state index in [2.05, 4.69) is 0 Å². The molecule has 1 heterocycles. The van der Waals surface area contributed by atoms with Crippen LogP contribution in [0, 0.1) is 5.82 Å². The maximum Gasteiger partial charge on any atom is 0.333 e. The number of halogens is 1. The van der Waals surface area contributed by atoms with Crippen molar-refractivity contribution < 1.29 is 28.5 Å². The van der Waals surface area contributed by atoms with Gasteiger partial charge in [-0.05, 0) is 72.4 Å². The van der Waals surface area contributed by atoms with Gasteiger partial charge in [-0.15, -0.1) is 0 Å². The highest BCUT2D eigenvalue weighted by atomic mass is 19.1. The van der Waals surface area contributed by atoms with Gasteiger partial charge in [-0.3, -0.25) is 0 Å². The number of ether oxygens (including phenoxy) is 3. The zero-order chi connectivity index (χ0) is 23.9. The Balaban J connectivity index is 1.31. The minimum absolute atomic E-state index is 0.0765. The topological polar surface area (TPSA) is 65.0 Å². The Morgan fingerprint density at radius 2 is 1.88 bits per heavy atom. The Morgan fingerprint density at radius 3 is 2.62 bits per heavy atom. The van der Waals surface area contributed by atoms with Crippen LogP contribution in [-0.2, 0) is 35.4 Å². The van der Waals surface area contributed by atoms with Crippen molar-refractivity contribution in [1.82, 2.24) is 0 Å². The predicted octanol–water partition coefficient (Wildman–Crippen LogP) is 5.37. The average molecular weight is 465 g/mol. The number of aryl methyl sites for hydroxylation is 1. The van der Waals surface area contributed by atoms with Gasteiger partial charge in [0.2, 0.25) is 0 Å². The molecule has 4 rings (SSSR count). The molecule has 1 aliphatic rings. The number of benzene rings is 3. The molecule has 0 fully saturated rings. The van der Waals surface area contributed by atoms with Crippen LogP contribution in [0.2, 0.25) is 0 Å². The highest BCUT2D eigenvalue weighted by Gasteiger charge is 2.22. The summed E-state index contributed by atoms with van der Waals surface area (Å²) in [5, 5.41) is 9.32. The summed E-state index contributed by atoms with van der Waals surface area (Å²) in [6.45, 7) is 2.48. The number of carboxylic acids is 1. The molecule has 0 radical (unpaired) electrons. The second-order valence-electron chi connectivity index (χ2n) is 8.47. The van der Waals surface area contributed by atoms with E-state index in [1.165, 1.54) is 12.1 Å². The third-order valence-corrected chi connectivity index (χ3v) is 5.90. The van der Waals surface area contributed by atoms with Gasteiger partial charge in [0.1, 0.15) is 30.0 Å². The van der Waals surface area contributed by atoms with Crippen molar-refractivity contribution in [2.24, 2.45) is 0 Å². The predicted molar refractivity (Wildman–Crippen MR) is 127 cm³/mol. The van der Waals surface area contributed by atoms with Gasteiger partial charge in [-0.1, -0.05) is 36.4 Å². The first-order valence-corrected chi connectivity index (χ1v) is 11.6. The smallest absolute Gasteiger partial charge is 0.333 e. The van der Waals surface area contributed by atoms with Crippen LogP contribution in [0.1, 0.15) is 35.6 Å². The Morgan fingerprint density at radius 1 is 1.09 bits per heavy atom. The summed E-state index contributed by atoms with van der Waals surface area (Å²) in [4.78, 5) is 11.4. The molecule has 0 saturated heterocycles. The quantitative estimate of drug-likeness (QED) is 0.437. The molecule has 178 valence electrons. The van der Waals surface area contributed by atoms with Gasteiger partial charge in [0, 0.05) is 19.4 Å². The number of aliphatic carboxylic acids is 1. The monoisotopic (exact) mass is 464 g/mol. The van der Waals surface area contributed by atoms with Crippen LogP contribution >= 0.6 is 0 Å². The highest BCUT2D eigenvalue weighted by molar-refractivity contribution is 5.72. The molecule has 0 aliphatic carbocycles. The maximum atomic E-state index is 13.3. The first-order chi connectivity index (χ1) is 16.5. The largest absolute Gasteiger partial charge is 0.490 e. The van der Waals surface area contributed by atoms with Crippen molar-refractivity contribution in [3.63, 3.8) is 0 Å². The molecule has 1 N–H and O–H groups in total. The molecule has 1 aliphatic heterocycles. The van der Waals surface area contributed by atoms with Crippen molar-refractivity contribution in [2.45, 2.75) is 51.4 Å². The van der Waals surface area contributed by atoms with Crippen molar-refractivity contribution in [2.75, 3.05) is 6.61 Å². The van der Waals surface area contributed by atoms with Gasteiger partial charge < -0.3 is 19.3 Å². The Labute approximate surface area is 199 Å². The second-order valence-corrected chi connectivity index (χ2v) is 8.47. The van der Waals surface area contributed by atoms with Gasteiger partial charge in [0.05, 0.1) is 0 Å². The first kappa shape index (κ1) is 23.8. The molecule has 3 aromatic carbocycles. The van der Waals surface area contributed by atoms with Gasteiger partial charge >= 0.3 is 5.97 Å². The third kappa shape index (κ3) is 6.35. The normalized spacial score (nSPS) is 15.8. The van der Waals surface area contributed by atoms with E-state index in [9.17, 15) is 14.3 Å². The fourth-order valence-electron chi connectivity index (χ4n) is 4.18. The lowest BCUT2D eigenvalue weighted by Gasteiger charge is -2.27. The molecule has 3 aromatic rings. The fourth-order valence-corrected chi connectivity index (χ4v) is 4.18. The van der Waals surface area contributed by atoms with Crippen molar-refractivity contribution >= 4 is 5.97 Å². The molecule has 0 amide bonds. The average Bonchev–Trinajstić information content (AvgIpc) is 2.83. The third-order valence-electron chi connectivity index (χ3n) is 5.90. The van der Waals surface area contributed by atoms with Crippen LogP contribution < -0.4 is 9.47 Å². The molecule has 34 heavy (non-hydrogen) atoms. The minimum Gasteiger partial charge on any atom is -0.490 e. The number of carboxylic acid groups (broad SMARTS) is 1. The second kappa shape index (κ2) is 11.2.